The predicted octanol–water partition coefficient (Wildman–Crippen LogP) is -1.84. The zero-order chi connectivity index (χ0) is 6.85. The summed E-state index contributed by atoms with van der Waals surface area (Å²) in [6.07, 6.45) is 0.676. The highest BCUT2D eigenvalue weighted by Crippen LogP contribution is 2.02. The lowest BCUT2D eigenvalue weighted by Gasteiger charge is -2.01. The first kappa shape index (κ1) is 6.51. The number of hydrogen-bond acceptors (Lipinski definition) is 3. The molecule has 0 aromatic heterocycles. The van der Waals surface area contributed by atoms with Gasteiger partial charge in [0.2, 0.25) is 5.91 Å². The van der Waals surface area contributed by atoms with Gasteiger partial charge in [-0.15, -0.1) is 0 Å². The second-order valence-electron chi connectivity index (χ2n) is 2.36. The van der Waals surface area contributed by atoms with Gasteiger partial charge in [0, 0.05) is 12.6 Å². The summed E-state index contributed by atoms with van der Waals surface area (Å²) in [6.45, 7) is 0.702. The second kappa shape index (κ2) is 2.33. The average Bonchev–Trinajstić information content (AvgIpc) is 2.14. The Kier molecular flexibility index (Phi) is 1.68. The van der Waals surface area contributed by atoms with E-state index in [-0.39, 0.29) is 18.0 Å². The number of carbonyl (C=O) groups excluding carboxylic acids is 1. The topological polar surface area (TPSA) is 81.1 Å². The minimum absolute atomic E-state index is 0.0995. The molecule has 0 aromatic carbocycles. The lowest BCUT2D eigenvalue weighted by molar-refractivity contribution is -0.119. The molecule has 1 aliphatic rings. The second-order valence-corrected chi connectivity index (χ2v) is 2.36. The van der Waals surface area contributed by atoms with Crippen LogP contribution in [0.15, 0.2) is 0 Å². The fraction of sp³-hybridized carbons (Fsp3) is 0.800. The van der Waals surface area contributed by atoms with Gasteiger partial charge in [0.05, 0.1) is 6.04 Å². The molecule has 0 spiro atoms. The molecule has 1 heterocycles. The molecule has 1 fully saturated rings. The first-order valence-corrected chi connectivity index (χ1v) is 2.98. The molecule has 5 N–H and O–H groups in total. The zero-order valence-corrected chi connectivity index (χ0v) is 5.13. The van der Waals surface area contributed by atoms with Gasteiger partial charge in [-0.1, -0.05) is 0 Å². The van der Waals surface area contributed by atoms with Crippen molar-refractivity contribution < 1.29 is 4.79 Å². The van der Waals surface area contributed by atoms with Crippen LogP contribution in [0.2, 0.25) is 0 Å². The van der Waals surface area contributed by atoms with Crippen molar-refractivity contribution in [2.75, 3.05) is 6.54 Å². The van der Waals surface area contributed by atoms with E-state index in [1.165, 1.54) is 0 Å². The molecular weight excluding hydrogens is 118 g/mol. The largest absolute Gasteiger partial charge is 0.368 e. The molecular formula is C5H11N3O. The molecule has 4 heteroatoms. The van der Waals surface area contributed by atoms with Crippen molar-refractivity contribution in [3.05, 3.63) is 0 Å². The van der Waals surface area contributed by atoms with E-state index in [9.17, 15) is 4.79 Å². The molecule has 0 saturated carbocycles. The highest BCUT2D eigenvalue weighted by atomic mass is 16.1. The third-order valence-electron chi connectivity index (χ3n) is 1.51. The van der Waals surface area contributed by atoms with Crippen LogP contribution in [0, 0.1) is 0 Å². The SMILES string of the molecule is NC(=O)[C@H]1CC(N)CN1. The van der Waals surface area contributed by atoms with Crippen molar-refractivity contribution in [1.29, 1.82) is 0 Å². The van der Waals surface area contributed by atoms with Gasteiger partial charge in [-0.2, -0.15) is 0 Å². The third-order valence-corrected chi connectivity index (χ3v) is 1.51. The Morgan fingerprint density at radius 2 is 2.33 bits per heavy atom. The van der Waals surface area contributed by atoms with Crippen LogP contribution in [0.25, 0.3) is 0 Å². The predicted molar refractivity (Wildman–Crippen MR) is 33.6 cm³/mol. The zero-order valence-electron chi connectivity index (χ0n) is 5.13. The highest BCUT2D eigenvalue weighted by Gasteiger charge is 2.24. The Morgan fingerprint density at radius 1 is 1.67 bits per heavy atom. The van der Waals surface area contributed by atoms with Gasteiger partial charge in [0.1, 0.15) is 0 Å². The third kappa shape index (κ3) is 1.40. The van der Waals surface area contributed by atoms with Crippen molar-refractivity contribution >= 4 is 5.91 Å². The van der Waals surface area contributed by atoms with Crippen molar-refractivity contribution in [2.45, 2.75) is 18.5 Å². The van der Waals surface area contributed by atoms with Crippen molar-refractivity contribution in [3.63, 3.8) is 0 Å². The minimum Gasteiger partial charge on any atom is -0.368 e. The molecule has 52 valence electrons. The molecule has 0 aromatic rings. The molecule has 1 rings (SSSR count). The van der Waals surface area contributed by atoms with E-state index in [0.29, 0.717) is 13.0 Å². The van der Waals surface area contributed by atoms with Crippen molar-refractivity contribution in [1.82, 2.24) is 5.32 Å². The van der Waals surface area contributed by atoms with Crippen LogP contribution < -0.4 is 16.8 Å². The smallest absolute Gasteiger partial charge is 0.234 e. The molecule has 4 nitrogen and oxygen atoms in total. The number of amides is 1. The van der Waals surface area contributed by atoms with Gasteiger partial charge in [0.15, 0.2) is 0 Å². The molecule has 2 atom stereocenters. The number of rotatable bonds is 1. The Hall–Kier alpha value is -0.610. The maximum atomic E-state index is 10.5. The van der Waals surface area contributed by atoms with Crippen LogP contribution >= 0.6 is 0 Å². The quantitative estimate of drug-likeness (QED) is 0.389. The monoisotopic (exact) mass is 129 g/mol. The summed E-state index contributed by atoms with van der Waals surface area (Å²) in [4.78, 5) is 10.5. The number of hydrogen-bond donors (Lipinski definition) is 3. The standard InChI is InChI=1S/C5H11N3O/c6-3-1-4(5(7)9)8-2-3/h3-4,8H,1-2,6H2,(H2,7,9)/t3?,4-/m1/s1. The van der Waals surface area contributed by atoms with Crippen LogP contribution in [-0.4, -0.2) is 24.5 Å². The molecule has 1 saturated heterocycles. The van der Waals surface area contributed by atoms with E-state index >= 15 is 0 Å². The number of nitrogens with one attached hydrogen (secondary N) is 1. The summed E-state index contributed by atoms with van der Waals surface area (Å²) >= 11 is 0. The van der Waals surface area contributed by atoms with Crippen LogP contribution in [0.4, 0.5) is 0 Å². The molecule has 0 bridgehead atoms. The summed E-state index contributed by atoms with van der Waals surface area (Å²) in [5.74, 6) is -0.303. The Labute approximate surface area is 53.6 Å². The van der Waals surface area contributed by atoms with Crippen LogP contribution in [0.5, 0.6) is 0 Å². The molecule has 0 aliphatic carbocycles. The maximum Gasteiger partial charge on any atom is 0.234 e. The van der Waals surface area contributed by atoms with Gasteiger partial charge >= 0.3 is 0 Å². The van der Waals surface area contributed by atoms with E-state index in [1.54, 1.807) is 0 Å². The first-order chi connectivity index (χ1) is 4.20. The summed E-state index contributed by atoms with van der Waals surface area (Å²) in [7, 11) is 0. The van der Waals surface area contributed by atoms with Gasteiger partial charge in [-0.25, -0.2) is 0 Å². The van der Waals surface area contributed by atoms with Crippen LogP contribution in [-0.2, 0) is 4.79 Å². The summed E-state index contributed by atoms with van der Waals surface area (Å²) in [5, 5.41) is 2.91. The molecule has 1 amide bonds. The van der Waals surface area contributed by atoms with E-state index in [2.05, 4.69) is 5.32 Å². The van der Waals surface area contributed by atoms with E-state index in [0.717, 1.165) is 0 Å². The summed E-state index contributed by atoms with van der Waals surface area (Å²) in [6, 6.07) is -0.0949. The van der Waals surface area contributed by atoms with E-state index in [1.807, 2.05) is 0 Å². The lowest BCUT2D eigenvalue weighted by Crippen LogP contribution is -2.36. The van der Waals surface area contributed by atoms with E-state index < -0.39 is 0 Å². The number of nitrogens with two attached hydrogens (primary N) is 2. The summed E-state index contributed by atoms with van der Waals surface area (Å²) < 4.78 is 0. The number of primary amides is 1. The lowest BCUT2D eigenvalue weighted by atomic mass is 10.2. The first-order valence-electron chi connectivity index (χ1n) is 2.98. The normalized spacial score (nSPS) is 34.8. The molecule has 9 heavy (non-hydrogen) atoms. The Balaban J connectivity index is 2.39. The van der Waals surface area contributed by atoms with Crippen molar-refractivity contribution in [2.24, 2.45) is 11.5 Å². The van der Waals surface area contributed by atoms with Crippen molar-refractivity contribution in [3.8, 4) is 0 Å². The highest BCUT2D eigenvalue weighted by molar-refractivity contribution is 5.80. The average molecular weight is 129 g/mol. The molecule has 1 aliphatic heterocycles. The van der Waals surface area contributed by atoms with E-state index in [4.69, 9.17) is 11.5 Å². The van der Waals surface area contributed by atoms with Gasteiger partial charge < -0.3 is 16.8 Å². The minimum atomic E-state index is -0.303. The van der Waals surface area contributed by atoms with Crippen LogP contribution in [0.1, 0.15) is 6.42 Å². The fourth-order valence-electron chi connectivity index (χ4n) is 0.980. The Morgan fingerprint density at radius 3 is 2.56 bits per heavy atom. The number of carbonyl (C=O) groups is 1. The van der Waals surface area contributed by atoms with Gasteiger partial charge in [0.25, 0.3) is 0 Å². The summed E-state index contributed by atoms with van der Waals surface area (Å²) in [5.41, 5.74) is 10.5. The fourth-order valence-corrected chi connectivity index (χ4v) is 0.980. The van der Waals surface area contributed by atoms with Gasteiger partial charge in [-0.05, 0) is 6.42 Å². The van der Waals surface area contributed by atoms with Gasteiger partial charge in [-0.3, -0.25) is 4.79 Å². The van der Waals surface area contributed by atoms with Crippen LogP contribution in [0.3, 0.4) is 0 Å². The molecule has 1 unspecified atom stereocenters. The molecule has 0 radical (unpaired) electrons. The Bertz CT molecular complexity index is 125. The maximum absolute atomic E-state index is 10.5.